The molecule has 108 valence electrons. The van der Waals surface area contributed by atoms with E-state index in [4.69, 9.17) is 10.5 Å². The third kappa shape index (κ3) is 11.7. The summed E-state index contributed by atoms with van der Waals surface area (Å²) < 4.78 is 4.93. The second-order valence-electron chi connectivity index (χ2n) is 4.95. The molecule has 3 N–H and O–H groups in total. The number of nitrogens with two attached hydrogens (primary N) is 1. The van der Waals surface area contributed by atoms with E-state index in [9.17, 15) is 0 Å². The van der Waals surface area contributed by atoms with Gasteiger partial charge in [-0.05, 0) is 12.3 Å². The zero-order valence-corrected chi connectivity index (χ0v) is 12.4. The Morgan fingerprint density at radius 1 is 1.28 bits per heavy atom. The summed E-state index contributed by atoms with van der Waals surface area (Å²) in [7, 11) is 1.68. The fourth-order valence-electron chi connectivity index (χ4n) is 1.78. The van der Waals surface area contributed by atoms with Crippen LogP contribution in [-0.4, -0.2) is 32.8 Å². The van der Waals surface area contributed by atoms with Crippen molar-refractivity contribution >= 4 is 5.96 Å². The molecule has 0 radical (unpaired) electrons. The molecule has 4 nitrogen and oxygen atoms in total. The molecule has 0 aliphatic rings. The third-order valence-electron chi connectivity index (χ3n) is 2.99. The Labute approximate surface area is 112 Å². The van der Waals surface area contributed by atoms with Gasteiger partial charge in [0.2, 0.25) is 0 Å². The molecule has 0 aliphatic carbocycles. The summed E-state index contributed by atoms with van der Waals surface area (Å²) in [6.45, 7) is 6.68. The molecular weight excluding hydrogens is 226 g/mol. The number of nitrogens with one attached hydrogen (secondary N) is 1. The Bertz CT molecular complexity index is 207. The number of methoxy groups -OCH3 is 1. The summed E-state index contributed by atoms with van der Waals surface area (Å²) >= 11 is 0. The largest absolute Gasteiger partial charge is 0.383 e. The van der Waals surface area contributed by atoms with Crippen molar-refractivity contribution in [3.8, 4) is 0 Å². The summed E-state index contributed by atoms with van der Waals surface area (Å²) in [5, 5.41) is 3.03. The summed E-state index contributed by atoms with van der Waals surface area (Å²) in [4.78, 5) is 4.34. The molecule has 1 unspecified atom stereocenters. The van der Waals surface area contributed by atoms with Gasteiger partial charge in [-0.15, -0.1) is 0 Å². The van der Waals surface area contributed by atoms with Gasteiger partial charge >= 0.3 is 0 Å². The van der Waals surface area contributed by atoms with Gasteiger partial charge in [-0.3, -0.25) is 4.99 Å². The molecule has 0 spiro atoms. The van der Waals surface area contributed by atoms with Crippen molar-refractivity contribution < 1.29 is 4.74 Å². The highest BCUT2D eigenvalue weighted by Crippen LogP contribution is 2.11. The normalized spacial score (nSPS) is 13.6. The molecule has 0 aromatic rings. The van der Waals surface area contributed by atoms with Crippen LogP contribution in [0.1, 0.15) is 52.4 Å². The minimum absolute atomic E-state index is 0.532. The number of rotatable bonds is 11. The maximum atomic E-state index is 5.74. The number of aliphatic imine (C=N–C) groups is 1. The van der Waals surface area contributed by atoms with E-state index in [0.29, 0.717) is 18.5 Å². The van der Waals surface area contributed by atoms with E-state index in [1.165, 1.54) is 38.5 Å². The Kier molecular flexibility index (Phi) is 12.1. The van der Waals surface area contributed by atoms with Gasteiger partial charge in [-0.1, -0.05) is 46.0 Å². The van der Waals surface area contributed by atoms with E-state index in [1.807, 2.05) is 0 Å². The zero-order chi connectivity index (χ0) is 13.6. The summed E-state index contributed by atoms with van der Waals surface area (Å²) in [6, 6.07) is 0. The SMILES string of the molecule is CCCCCCCC(C)CN=C(N)NCCOC. The second-order valence-corrected chi connectivity index (χ2v) is 4.95. The summed E-state index contributed by atoms with van der Waals surface area (Å²) in [5.41, 5.74) is 5.74. The van der Waals surface area contributed by atoms with Crippen LogP contribution in [0.5, 0.6) is 0 Å². The quantitative estimate of drug-likeness (QED) is 0.340. The van der Waals surface area contributed by atoms with Gasteiger partial charge in [-0.2, -0.15) is 0 Å². The Hall–Kier alpha value is -0.770. The van der Waals surface area contributed by atoms with Gasteiger partial charge in [0.15, 0.2) is 5.96 Å². The minimum Gasteiger partial charge on any atom is -0.383 e. The average molecular weight is 257 g/mol. The highest BCUT2D eigenvalue weighted by atomic mass is 16.5. The first kappa shape index (κ1) is 17.2. The molecule has 18 heavy (non-hydrogen) atoms. The molecule has 0 heterocycles. The molecule has 0 aromatic carbocycles. The highest BCUT2D eigenvalue weighted by molar-refractivity contribution is 5.77. The van der Waals surface area contributed by atoms with Gasteiger partial charge in [0.05, 0.1) is 6.61 Å². The first-order chi connectivity index (χ1) is 8.70. The molecule has 0 fully saturated rings. The van der Waals surface area contributed by atoms with Gasteiger partial charge in [-0.25, -0.2) is 0 Å². The molecule has 4 heteroatoms. The Balaban J connectivity index is 3.49. The lowest BCUT2D eigenvalue weighted by atomic mass is 10.0. The number of nitrogens with zero attached hydrogens (tertiary/aromatic N) is 1. The second kappa shape index (κ2) is 12.7. The predicted molar refractivity (Wildman–Crippen MR) is 78.9 cm³/mol. The lowest BCUT2D eigenvalue weighted by Gasteiger charge is -2.09. The first-order valence-corrected chi connectivity index (χ1v) is 7.23. The fourth-order valence-corrected chi connectivity index (χ4v) is 1.78. The molecule has 1 atom stereocenters. The number of hydrogen-bond acceptors (Lipinski definition) is 2. The number of guanidine groups is 1. The summed E-state index contributed by atoms with van der Waals surface area (Å²) in [6.07, 6.45) is 7.95. The van der Waals surface area contributed by atoms with Crippen LogP contribution in [0.2, 0.25) is 0 Å². The van der Waals surface area contributed by atoms with Crippen molar-refractivity contribution in [1.82, 2.24) is 5.32 Å². The van der Waals surface area contributed by atoms with Crippen molar-refractivity contribution in [3.05, 3.63) is 0 Å². The maximum absolute atomic E-state index is 5.74. The Morgan fingerprint density at radius 2 is 2.00 bits per heavy atom. The van der Waals surface area contributed by atoms with E-state index in [1.54, 1.807) is 7.11 Å². The first-order valence-electron chi connectivity index (χ1n) is 7.23. The lowest BCUT2D eigenvalue weighted by Crippen LogP contribution is -2.34. The lowest BCUT2D eigenvalue weighted by molar-refractivity contribution is 0.204. The Morgan fingerprint density at radius 3 is 2.67 bits per heavy atom. The highest BCUT2D eigenvalue weighted by Gasteiger charge is 2.01. The fraction of sp³-hybridized carbons (Fsp3) is 0.929. The number of unbranched alkanes of at least 4 members (excludes halogenated alkanes) is 4. The molecule has 0 aliphatic heterocycles. The predicted octanol–water partition coefficient (Wildman–Crippen LogP) is 2.53. The topological polar surface area (TPSA) is 59.6 Å². The van der Waals surface area contributed by atoms with Gasteiger partial charge < -0.3 is 15.8 Å². The number of hydrogen-bond donors (Lipinski definition) is 2. The molecule has 0 rings (SSSR count). The van der Waals surface area contributed by atoms with Crippen molar-refractivity contribution in [3.63, 3.8) is 0 Å². The minimum atomic E-state index is 0.532. The zero-order valence-electron chi connectivity index (χ0n) is 12.4. The van der Waals surface area contributed by atoms with Crippen molar-refractivity contribution in [2.75, 3.05) is 26.8 Å². The molecule has 0 bridgehead atoms. The molecule has 0 amide bonds. The monoisotopic (exact) mass is 257 g/mol. The van der Waals surface area contributed by atoms with Gasteiger partial charge in [0, 0.05) is 20.2 Å². The third-order valence-corrected chi connectivity index (χ3v) is 2.99. The van der Waals surface area contributed by atoms with E-state index in [-0.39, 0.29) is 0 Å². The van der Waals surface area contributed by atoms with Gasteiger partial charge in [0.25, 0.3) is 0 Å². The van der Waals surface area contributed by atoms with Crippen LogP contribution >= 0.6 is 0 Å². The van der Waals surface area contributed by atoms with Crippen LogP contribution in [0.4, 0.5) is 0 Å². The average Bonchev–Trinajstić information content (AvgIpc) is 2.36. The van der Waals surface area contributed by atoms with Crippen LogP contribution < -0.4 is 11.1 Å². The van der Waals surface area contributed by atoms with Crippen LogP contribution in [0.3, 0.4) is 0 Å². The van der Waals surface area contributed by atoms with Crippen molar-refractivity contribution in [2.24, 2.45) is 16.6 Å². The smallest absolute Gasteiger partial charge is 0.188 e. The van der Waals surface area contributed by atoms with Crippen LogP contribution in [0.15, 0.2) is 4.99 Å². The van der Waals surface area contributed by atoms with Crippen LogP contribution in [-0.2, 0) is 4.74 Å². The molecule has 0 aromatic heterocycles. The van der Waals surface area contributed by atoms with E-state index in [0.717, 1.165) is 13.1 Å². The van der Waals surface area contributed by atoms with E-state index in [2.05, 4.69) is 24.2 Å². The van der Waals surface area contributed by atoms with E-state index < -0.39 is 0 Å². The molecular formula is C14H31N3O. The van der Waals surface area contributed by atoms with E-state index >= 15 is 0 Å². The summed E-state index contributed by atoms with van der Waals surface area (Å²) in [5.74, 6) is 1.15. The standard InChI is InChI=1S/C14H31N3O/c1-4-5-6-7-8-9-13(2)12-17-14(15)16-10-11-18-3/h13H,4-12H2,1-3H3,(H3,15,16,17). The molecule has 0 saturated heterocycles. The molecule has 0 saturated carbocycles. The maximum Gasteiger partial charge on any atom is 0.188 e. The van der Waals surface area contributed by atoms with Crippen LogP contribution in [0, 0.1) is 5.92 Å². The van der Waals surface area contributed by atoms with Crippen molar-refractivity contribution in [2.45, 2.75) is 52.4 Å². The van der Waals surface area contributed by atoms with Crippen molar-refractivity contribution in [1.29, 1.82) is 0 Å². The number of ether oxygens (including phenoxy) is 1. The van der Waals surface area contributed by atoms with Gasteiger partial charge in [0.1, 0.15) is 0 Å². The van der Waals surface area contributed by atoms with Crippen LogP contribution in [0.25, 0.3) is 0 Å².